The Hall–Kier alpha value is -1.38. The van der Waals surface area contributed by atoms with Gasteiger partial charge in [-0.1, -0.05) is 22.2 Å². The van der Waals surface area contributed by atoms with Gasteiger partial charge in [-0.25, -0.2) is 0 Å². The Balaban J connectivity index is 2.96. The third-order valence-corrected chi connectivity index (χ3v) is 1.54. The minimum atomic E-state index is -0.612. The molecule has 0 saturated carbocycles. The van der Waals surface area contributed by atoms with Gasteiger partial charge in [-0.2, -0.15) is 5.12 Å². The fraction of sp³-hybridized carbons (Fsp3) is 0.222. The van der Waals surface area contributed by atoms with Gasteiger partial charge in [0.2, 0.25) is 0 Å². The minimum absolute atomic E-state index is 0.0781. The Labute approximate surface area is 70.5 Å². The third-order valence-electron chi connectivity index (χ3n) is 1.54. The van der Waals surface area contributed by atoms with Gasteiger partial charge in [-0.15, -0.1) is 0 Å². The highest BCUT2D eigenvalue weighted by atomic mass is 19.2. The highest BCUT2D eigenvalue weighted by Gasteiger charge is 2.09. The van der Waals surface area contributed by atoms with Gasteiger partial charge in [0.15, 0.2) is 0 Å². The van der Waals surface area contributed by atoms with Crippen LogP contribution in [-0.2, 0) is 0 Å². The first-order valence-corrected chi connectivity index (χ1v) is 3.62. The highest BCUT2D eigenvalue weighted by Crippen LogP contribution is 2.06. The number of aryl methyl sites for hydroxylation is 1. The van der Waals surface area contributed by atoms with Gasteiger partial charge in [0.25, 0.3) is 5.91 Å². The molecule has 1 amide bonds. The summed E-state index contributed by atoms with van der Waals surface area (Å²) in [7, 11) is 1.09. The molecule has 0 bridgehead atoms. The molecule has 0 aliphatic heterocycles. The number of halogens is 1. The maximum Gasteiger partial charge on any atom is 0.281 e. The fourth-order valence-corrected chi connectivity index (χ4v) is 0.956. The van der Waals surface area contributed by atoms with Crippen LogP contribution in [0.5, 0.6) is 0 Å². The van der Waals surface area contributed by atoms with Crippen molar-refractivity contribution in [2.75, 3.05) is 7.05 Å². The molecule has 3 heteroatoms. The van der Waals surface area contributed by atoms with E-state index in [1.54, 1.807) is 18.2 Å². The first kappa shape index (κ1) is 8.71. The van der Waals surface area contributed by atoms with Crippen molar-refractivity contribution in [1.82, 2.24) is 5.12 Å². The largest absolute Gasteiger partial charge is 0.281 e. The topological polar surface area (TPSA) is 20.3 Å². The molecule has 0 atom stereocenters. The molecule has 0 unspecified atom stereocenters. The van der Waals surface area contributed by atoms with E-state index in [2.05, 4.69) is 0 Å². The Morgan fingerprint density at radius 3 is 2.67 bits per heavy atom. The SMILES string of the molecule is Cc1cccc(C(=O)N(C)F)c1. The van der Waals surface area contributed by atoms with Crippen LogP contribution in [0.1, 0.15) is 15.9 Å². The van der Waals surface area contributed by atoms with E-state index in [-0.39, 0.29) is 5.12 Å². The van der Waals surface area contributed by atoms with E-state index >= 15 is 0 Å². The van der Waals surface area contributed by atoms with Crippen LogP contribution < -0.4 is 0 Å². The normalized spacial score (nSPS) is 9.58. The van der Waals surface area contributed by atoms with Crippen molar-refractivity contribution in [3.05, 3.63) is 35.4 Å². The summed E-state index contributed by atoms with van der Waals surface area (Å²) in [6.07, 6.45) is 0. The molecule has 0 radical (unpaired) electrons. The molecule has 0 heterocycles. The molecular weight excluding hydrogens is 157 g/mol. The molecule has 0 aliphatic carbocycles. The predicted molar refractivity (Wildman–Crippen MR) is 44.4 cm³/mol. The van der Waals surface area contributed by atoms with Gasteiger partial charge >= 0.3 is 0 Å². The second kappa shape index (κ2) is 3.34. The van der Waals surface area contributed by atoms with E-state index in [0.29, 0.717) is 5.56 Å². The monoisotopic (exact) mass is 167 g/mol. The molecule has 0 aliphatic rings. The Morgan fingerprint density at radius 1 is 1.50 bits per heavy atom. The number of hydrogen-bond donors (Lipinski definition) is 0. The van der Waals surface area contributed by atoms with E-state index in [1.165, 1.54) is 0 Å². The summed E-state index contributed by atoms with van der Waals surface area (Å²) in [5, 5.41) is 0.0781. The number of nitrogens with zero attached hydrogens (tertiary/aromatic N) is 1. The van der Waals surface area contributed by atoms with E-state index in [9.17, 15) is 9.28 Å². The van der Waals surface area contributed by atoms with Crippen molar-refractivity contribution in [3.63, 3.8) is 0 Å². The average Bonchev–Trinajstić information content (AvgIpc) is 2.03. The zero-order valence-electron chi connectivity index (χ0n) is 7.04. The molecule has 1 aromatic rings. The van der Waals surface area contributed by atoms with Gasteiger partial charge in [0.05, 0.1) is 0 Å². The second-order valence-electron chi connectivity index (χ2n) is 2.65. The molecule has 12 heavy (non-hydrogen) atoms. The molecule has 64 valence electrons. The summed E-state index contributed by atoms with van der Waals surface area (Å²) in [4.78, 5) is 11.0. The number of hydrogen-bond acceptors (Lipinski definition) is 1. The summed E-state index contributed by atoms with van der Waals surface area (Å²) in [5.74, 6) is -0.612. The quantitative estimate of drug-likeness (QED) is 0.585. The molecule has 2 nitrogen and oxygen atoms in total. The summed E-state index contributed by atoms with van der Waals surface area (Å²) >= 11 is 0. The molecule has 1 aromatic carbocycles. The molecule has 0 N–H and O–H groups in total. The fourth-order valence-electron chi connectivity index (χ4n) is 0.956. The van der Waals surface area contributed by atoms with Crippen molar-refractivity contribution in [2.45, 2.75) is 6.92 Å². The van der Waals surface area contributed by atoms with Crippen LogP contribution in [0, 0.1) is 6.92 Å². The van der Waals surface area contributed by atoms with Gasteiger partial charge in [-0.3, -0.25) is 4.79 Å². The second-order valence-corrected chi connectivity index (χ2v) is 2.65. The van der Waals surface area contributed by atoms with Gasteiger partial charge in [-0.05, 0) is 19.1 Å². The third kappa shape index (κ3) is 1.81. The standard InChI is InChI=1S/C9H10FNO/c1-7-4-3-5-8(6-7)9(12)11(2)10/h3-6H,1-2H3. The summed E-state index contributed by atoms with van der Waals surface area (Å²) in [6.45, 7) is 1.86. The minimum Gasteiger partial charge on any atom is -0.267 e. The lowest BCUT2D eigenvalue weighted by Gasteiger charge is -2.05. The van der Waals surface area contributed by atoms with Crippen LogP contribution in [0.4, 0.5) is 4.48 Å². The summed E-state index contributed by atoms with van der Waals surface area (Å²) in [5.41, 5.74) is 1.32. The van der Waals surface area contributed by atoms with Crippen LogP contribution in [0.2, 0.25) is 0 Å². The number of benzene rings is 1. The molecule has 1 rings (SSSR count). The smallest absolute Gasteiger partial charge is 0.267 e. The zero-order chi connectivity index (χ0) is 9.14. The van der Waals surface area contributed by atoms with Crippen LogP contribution >= 0.6 is 0 Å². The van der Waals surface area contributed by atoms with Crippen LogP contribution in [0.25, 0.3) is 0 Å². The van der Waals surface area contributed by atoms with Gasteiger partial charge in [0, 0.05) is 12.6 Å². The van der Waals surface area contributed by atoms with Crippen LogP contribution in [0.3, 0.4) is 0 Å². The van der Waals surface area contributed by atoms with Gasteiger partial charge in [0.1, 0.15) is 0 Å². The van der Waals surface area contributed by atoms with Gasteiger partial charge < -0.3 is 0 Å². The maximum absolute atomic E-state index is 12.4. The first-order chi connectivity index (χ1) is 5.61. The summed E-state index contributed by atoms with van der Waals surface area (Å²) in [6, 6.07) is 6.82. The van der Waals surface area contributed by atoms with Crippen molar-refractivity contribution >= 4 is 5.91 Å². The predicted octanol–water partition coefficient (Wildman–Crippen LogP) is 1.95. The lowest BCUT2D eigenvalue weighted by Crippen LogP contribution is -2.17. The highest BCUT2D eigenvalue weighted by molar-refractivity contribution is 5.93. The molecular formula is C9H10FNO. The molecule has 0 spiro atoms. The van der Waals surface area contributed by atoms with Crippen molar-refractivity contribution in [1.29, 1.82) is 0 Å². The number of rotatable bonds is 1. The molecule has 0 fully saturated rings. The number of amides is 1. The number of carbonyl (C=O) groups is 1. The van der Waals surface area contributed by atoms with Crippen molar-refractivity contribution < 1.29 is 9.28 Å². The van der Waals surface area contributed by atoms with Crippen LogP contribution in [0.15, 0.2) is 24.3 Å². The van der Waals surface area contributed by atoms with Crippen LogP contribution in [-0.4, -0.2) is 18.1 Å². The molecule has 0 aromatic heterocycles. The lowest BCUT2D eigenvalue weighted by molar-refractivity contribution is 0.0343. The maximum atomic E-state index is 12.4. The zero-order valence-corrected chi connectivity index (χ0v) is 7.04. The van der Waals surface area contributed by atoms with E-state index < -0.39 is 5.91 Å². The molecule has 0 saturated heterocycles. The Bertz CT molecular complexity index is 296. The first-order valence-electron chi connectivity index (χ1n) is 3.62. The van der Waals surface area contributed by atoms with E-state index in [1.807, 2.05) is 13.0 Å². The Morgan fingerprint density at radius 2 is 2.17 bits per heavy atom. The lowest BCUT2D eigenvalue weighted by atomic mass is 10.1. The number of carbonyl (C=O) groups excluding carboxylic acids is 1. The Kier molecular flexibility index (Phi) is 2.43. The van der Waals surface area contributed by atoms with Crippen molar-refractivity contribution in [3.8, 4) is 0 Å². The van der Waals surface area contributed by atoms with E-state index in [4.69, 9.17) is 0 Å². The van der Waals surface area contributed by atoms with Crippen molar-refractivity contribution in [2.24, 2.45) is 0 Å². The van der Waals surface area contributed by atoms with E-state index in [0.717, 1.165) is 12.6 Å². The average molecular weight is 167 g/mol. The summed E-state index contributed by atoms with van der Waals surface area (Å²) < 4.78 is 12.4.